The Labute approximate surface area is 160 Å². The van der Waals surface area contributed by atoms with E-state index in [1.54, 1.807) is 0 Å². The quantitative estimate of drug-likeness (QED) is 0.786. The fraction of sp³-hybridized carbons (Fsp3) is 0.611. The van der Waals surface area contributed by atoms with E-state index in [4.69, 9.17) is 21.1 Å². The highest BCUT2D eigenvalue weighted by atomic mass is 35.5. The first-order valence-electron chi connectivity index (χ1n) is 8.78. The lowest BCUT2D eigenvalue weighted by molar-refractivity contribution is -0.121. The monoisotopic (exact) mass is 388 g/mol. The minimum absolute atomic E-state index is 0. The first-order valence-corrected chi connectivity index (χ1v) is 9.15. The molecule has 5 nitrogen and oxygen atoms in total. The molecule has 1 amide bonds. The van der Waals surface area contributed by atoms with Crippen molar-refractivity contribution in [3.05, 3.63) is 22.7 Å². The van der Waals surface area contributed by atoms with E-state index in [1.165, 1.54) is 12.8 Å². The van der Waals surface area contributed by atoms with Crippen LogP contribution in [0.3, 0.4) is 0 Å². The van der Waals surface area contributed by atoms with Crippen LogP contribution in [-0.2, 0) is 11.2 Å². The van der Waals surface area contributed by atoms with E-state index in [1.807, 2.05) is 12.1 Å². The summed E-state index contributed by atoms with van der Waals surface area (Å²) in [5, 5.41) is 6.92. The maximum Gasteiger partial charge on any atom is 0.220 e. The lowest BCUT2D eigenvalue weighted by atomic mass is 9.93. The van der Waals surface area contributed by atoms with Crippen LogP contribution in [0, 0.1) is 5.92 Å². The summed E-state index contributed by atoms with van der Waals surface area (Å²) < 4.78 is 11.1. The first kappa shape index (κ1) is 20.1. The van der Waals surface area contributed by atoms with Gasteiger partial charge in [0.25, 0.3) is 0 Å². The SMILES string of the molecule is Cl.O=C(CCC1CCNCC1)NCCc1cc(Cl)c2c(c1)OCCO2. The van der Waals surface area contributed by atoms with E-state index < -0.39 is 0 Å². The average Bonchev–Trinajstić information content (AvgIpc) is 2.61. The van der Waals surface area contributed by atoms with Crippen molar-refractivity contribution >= 4 is 29.9 Å². The second kappa shape index (κ2) is 10.1. The second-order valence-corrected chi connectivity index (χ2v) is 6.84. The minimum Gasteiger partial charge on any atom is -0.486 e. The number of amides is 1. The summed E-state index contributed by atoms with van der Waals surface area (Å²) in [5.74, 6) is 2.14. The molecule has 25 heavy (non-hydrogen) atoms. The van der Waals surface area contributed by atoms with Crippen molar-refractivity contribution in [2.24, 2.45) is 5.92 Å². The van der Waals surface area contributed by atoms with Gasteiger partial charge < -0.3 is 20.1 Å². The largest absolute Gasteiger partial charge is 0.486 e. The maximum atomic E-state index is 12.0. The van der Waals surface area contributed by atoms with Crippen molar-refractivity contribution in [2.75, 3.05) is 32.8 Å². The number of halogens is 2. The van der Waals surface area contributed by atoms with Gasteiger partial charge in [-0.05, 0) is 62.4 Å². The Morgan fingerprint density at radius 3 is 2.80 bits per heavy atom. The van der Waals surface area contributed by atoms with Crippen LogP contribution < -0.4 is 20.1 Å². The Hall–Kier alpha value is -1.17. The third-order valence-corrected chi connectivity index (χ3v) is 4.91. The van der Waals surface area contributed by atoms with Crippen LogP contribution in [-0.4, -0.2) is 38.8 Å². The molecular weight excluding hydrogens is 363 g/mol. The van der Waals surface area contributed by atoms with Gasteiger partial charge in [0.2, 0.25) is 5.91 Å². The average molecular weight is 389 g/mol. The number of ether oxygens (including phenoxy) is 2. The Balaban J connectivity index is 0.00000225. The zero-order valence-corrected chi connectivity index (χ0v) is 15.9. The van der Waals surface area contributed by atoms with E-state index >= 15 is 0 Å². The molecule has 2 heterocycles. The molecule has 0 atom stereocenters. The van der Waals surface area contributed by atoms with Gasteiger partial charge in [0, 0.05) is 13.0 Å². The number of fused-ring (bicyclic) bond motifs is 1. The van der Waals surface area contributed by atoms with E-state index in [-0.39, 0.29) is 18.3 Å². The number of carbonyl (C=O) groups is 1. The molecule has 1 aromatic carbocycles. The molecule has 1 aromatic rings. The van der Waals surface area contributed by atoms with Crippen LogP contribution in [0.15, 0.2) is 12.1 Å². The van der Waals surface area contributed by atoms with E-state index in [9.17, 15) is 4.79 Å². The van der Waals surface area contributed by atoms with Gasteiger partial charge in [-0.25, -0.2) is 0 Å². The molecule has 2 aliphatic heterocycles. The fourth-order valence-electron chi connectivity index (χ4n) is 3.25. The third-order valence-electron chi connectivity index (χ3n) is 4.63. The highest BCUT2D eigenvalue weighted by Crippen LogP contribution is 2.38. The predicted octanol–water partition coefficient (Wildman–Crippen LogP) is 2.97. The summed E-state index contributed by atoms with van der Waals surface area (Å²) in [5.41, 5.74) is 1.04. The highest BCUT2D eigenvalue weighted by Gasteiger charge is 2.17. The highest BCUT2D eigenvalue weighted by molar-refractivity contribution is 6.32. The zero-order chi connectivity index (χ0) is 16.8. The molecule has 140 valence electrons. The van der Waals surface area contributed by atoms with Crippen molar-refractivity contribution in [3.8, 4) is 11.5 Å². The summed E-state index contributed by atoms with van der Waals surface area (Å²) >= 11 is 6.23. The summed E-state index contributed by atoms with van der Waals surface area (Å²) in [6, 6.07) is 3.83. The van der Waals surface area contributed by atoms with Gasteiger partial charge in [-0.15, -0.1) is 12.4 Å². The molecule has 0 aliphatic carbocycles. The topological polar surface area (TPSA) is 59.6 Å². The molecule has 0 spiro atoms. The molecule has 1 saturated heterocycles. The number of piperidine rings is 1. The lowest BCUT2D eigenvalue weighted by Gasteiger charge is -2.22. The van der Waals surface area contributed by atoms with Crippen molar-refractivity contribution in [1.82, 2.24) is 10.6 Å². The van der Waals surface area contributed by atoms with E-state index in [2.05, 4.69) is 10.6 Å². The molecule has 2 N–H and O–H groups in total. The minimum atomic E-state index is 0. The summed E-state index contributed by atoms with van der Waals surface area (Å²) in [6.45, 7) is 3.84. The van der Waals surface area contributed by atoms with Gasteiger partial charge in [-0.3, -0.25) is 4.79 Å². The van der Waals surface area contributed by atoms with Crippen molar-refractivity contribution in [2.45, 2.75) is 32.1 Å². The zero-order valence-electron chi connectivity index (χ0n) is 14.3. The van der Waals surface area contributed by atoms with Gasteiger partial charge in [0.15, 0.2) is 11.5 Å². The molecule has 0 unspecified atom stereocenters. The van der Waals surface area contributed by atoms with Crippen molar-refractivity contribution in [3.63, 3.8) is 0 Å². The molecule has 0 bridgehead atoms. The van der Waals surface area contributed by atoms with Gasteiger partial charge in [0.1, 0.15) is 13.2 Å². The van der Waals surface area contributed by atoms with E-state index in [0.717, 1.165) is 31.5 Å². The Morgan fingerprint density at radius 2 is 2.00 bits per heavy atom. The Kier molecular flexibility index (Phi) is 8.13. The number of rotatable bonds is 6. The standard InChI is InChI=1S/C18H25ClN2O3.ClH/c19-15-11-14(12-16-18(15)24-10-9-23-16)5-8-21-17(22)2-1-13-3-6-20-7-4-13;/h11-13,20H,1-10H2,(H,21,22);1H. The van der Waals surface area contributed by atoms with Crippen molar-refractivity contribution < 1.29 is 14.3 Å². The van der Waals surface area contributed by atoms with Crippen LogP contribution >= 0.6 is 24.0 Å². The van der Waals surface area contributed by atoms with Crippen LogP contribution in [0.5, 0.6) is 11.5 Å². The molecule has 0 aromatic heterocycles. The lowest BCUT2D eigenvalue weighted by Crippen LogP contribution is -2.30. The molecule has 7 heteroatoms. The second-order valence-electron chi connectivity index (χ2n) is 6.43. The Bertz CT molecular complexity index is 578. The normalized spacial score (nSPS) is 16.8. The number of benzene rings is 1. The number of hydrogen-bond acceptors (Lipinski definition) is 4. The molecule has 0 saturated carbocycles. The smallest absolute Gasteiger partial charge is 0.220 e. The Morgan fingerprint density at radius 1 is 1.24 bits per heavy atom. The summed E-state index contributed by atoms with van der Waals surface area (Å²) in [4.78, 5) is 12.0. The number of hydrogen-bond donors (Lipinski definition) is 2. The van der Waals surface area contributed by atoms with Gasteiger partial charge >= 0.3 is 0 Å². The van der Waals surface area contributed by atoms with Crippen molar-refractivity contribution in [1.29, 1.82) is 0 Å². The van der Waals surface area contributed by atoms with Crippen LogP contribution in [0.2, 0.25) is 5.02 Å². The summed E-state index contributed by atoms with van der Waals surface area (Å²) in [6.07, 6.45) is 4.71. The molecular formula is C18H26Cl2N2O3. The van der Waals surface area contributed by atoms with E-state index in [0.29, 0.717) is 48.6 Å². The predicted molar refractivity (Wildman–Crippen MR) is 101 cm³/mol. The van der Waals surface area contributed by atoms with Crippen LogP contribution in [0.25, 0.3) is 0 Å². The first-order chi connectivity index (χ1) is 11.7. The van der Waals surface area contributed by atoms with Gasteiger partial charge in [-0.2, -0.15) is 0 Å². The number of carbonyl (C=O) groups excluding carboxylic acids is 1. The fourth-order valence-corrected chi connectivity index (χ4v) is 3.54. The third kappa shape index (κ3) is 5.94. The molecule has 1 fully saturated rings. The molecule has 3 rings (SSSR count). The molecule has 0 radical (unpaired) electrons. The van der Waals surface area contributed by atoms with Gasteiger partial charge in [-0.1, -0.05) is 11.6 Å². The maximum absolute atomic E-state index is 12.0. The molecule has 2 aliphatic rings. The van der Waals surface area contributed by atoms with Gasteiger partial charge in [0.05, 0.1) is 5.02 Å². The number of nitrogens with one attached hydrogen (secondary N) is 2. The van der Waals surface area contributed by atoms with Crippen LogP contribution in [0.4, 0.5) is 0 Å². The van der Waals surface area contributed by atoms with Crippen LogP contribution in [0.1, 0.15) is 31.2 Å². The summed E-state index contributed by atoms with van der Waals surface area (Å²) in [7, 11) is 0.